The van der Waals surface area contributed by atoms with Crippen LogP contribution in [0.4, 0.5) is 0 Å². The molecule has 1 fully saturated rings. The molecule has 0 aliphatic heterocycles. The van der Waals surface area contributed by atoms with Crippen LogP contribution in [-0.4, -0.2) is 70.0 Å². The van der Waals surface area contributed by atoms with Crippen molar-refractivity contribution in [2.24, 2.45) is 11.8 Å². The quantitative estimate of drug-likeness (QED) is 0.0662. The van der Waals surface area contributed by atoms with Crippen LogP contribution in [0.5, 0.6) is 0 Å². The first-order valence-electron chi connectivity index (χ1n) is 16.1. The predicted octanol–water partition coefficient (Wildman–Crippen LogP) is 5.55. The highest BCUT2D eigenvalue weighted by molar-refractivity contribution is 5.71. The Hall–Kier alpha value is -1.74. The number of aliphatic hydroxyl groups is 4. The molecule has 6 atom stereocenters. The second-order valence-corrected chi connectivity index (χ2v) is 11.6. The van der Waals surface area contributed by atoms with E-state index in [-0.39, 0.29) is 43.9 Å². The minimum Gasteiger partial charge on any atom is -0.463 e. The van der Waals surface area contributed by atoms with Crippen molar-refractivity contribution in [2.75, 3.05) is 13.2 Å². The summed E-state index contributed by atoms with van der Waals surface area (Å²) in [6, 6.07) is 0. The number of hydrogen-bond donors (Lipinski definition) is 4. The molecule has 1 aliphatic carbocycles. The number of hydrogen-bond acceptors (Lipinski definition) is 8. The van der Waals surface area contributed by atoms with Gasteiger partial charge in [-0.3, -0.25) is 9.59 Å². The highest BCUT2D eigenvalue weighted by atomic mass is 16.6. The summed E-state index contributed by atoms with van der Waals surface area (Å²) in [5, 5.41) is 40.9. The maximum absolute atomic E-state index is 12.0. The maximum Gasteiger partial charge on any atom is 0.309 e. The molecule has 1 saturated carbocycles. The summed E-state index contributed by atoms with van der Waals surface area (Å²) in [5.74, 6) is -1.33. The molecule has 0 spiro atoms. The van der Waals surface area contributed by atoms with Gasteiger partial charge in [0.1, 0.15) is 19.3 Å². The number of carbonyl (C=O) groups excluding carboxylic acids is 2. The fourth-order valence-electron chi connectivity index (χ4n) is 5.23. The zero-order chi connectivity index (χ0) is 30.3. The van der Waals surface area contributed by atoms with E-state index in [0.29, 0.717) is 19.3 Å². The van der Waals surface area contributed by atoms with Gasteiger partial charge in [-0.1, -0.05) is 109 Å². The van der Waals surface area contributed by atoms with Crippen LogP contribution in [0.15, 0.2) is 24.3 Å². The zero-order valence-electron chi connectivity index (χ0n) is 25.6. The van der Waals surface area contributed by atoms with E-state index < -0.39 is 30.4 Å². The Labute approximate surface area is 248 Å². The highest BCUT2D eigenvalue weighted by Gasteiger charge is 2.39. The summed E-state index contributed by atoms with van der Waals surface area (Å²) < 4.78 is 10.2. The molecule has 238 valence electrons. The van der Waals surface area contributed by atoms with E-state index in [1.54, 1.807) is 18.2 Å². The van der Waals surface area contributed by atoms with E-state index in [0.717, 1.165) is 38.5 Å². The summed E-state index contributed by atoms with van der Waals surface area (Å²) in [7, 11) is 0. The molecule has 0 saturated heterocycles. The Bertz CT molecular complexity index is 737. The number of carbonyl (C=O) groups is 2. The second kappa shape index (κ2) is 23.8. The number of unbranched alkanes of at least 4 members (excludes halogenated alkanes) is 10. The van der Waals surface area contributed by atoms with Gasteiger partial charge in [-0.05, 0) is 25.2 Å². The number of aliphatic hydroxyl groups excluding tert-OH is 4. The molecule has 0 aromatic heterocycles. The molecule has 1 rings (SSSR count). The Morgan fingerprint density at radius 3 is 2.02 bits per heavy atom. The van der Waals surface area contributed by atoms with Crippen molar-refractivity contribution in [1.82, 2.24) is 0 Å². The van der Waals surface area contributed by atoms with Crippen molar-refractivity contribution in [3.8, 4) is 0 Å². The molecule has 1 aliphatic rings. The van der Waals surface area contributed by atoms with Crippen LogP contribution < -0.4 is 0 Å². The number of esters is 2. The minimum atomic E-state index is -1.07. The third kappa shape index (κ3) is 18.4. The van der Waals surface area contributed by atoms with Gasteiger partial charge in [0.15, 0.2) is 0 Å². The van der Waals surface area contributed by atoms with Gasteiger partial charge in [-0.2, -0.15) is 0 Å². The lowest BCUT2D eigenvalue weighted by Gasteiger charge is -2.19. The van der Waals surface area contributed by atoms with Crippen molar-refractivity contribution in [3.63, 3.8) is 0 Å². The van der Waals surface area contributed by atoms with E-state index in [1.807, 2.05) is 6.08 Å². The summed E-state index contributed by atoms with van der Waals surface area (Å²) >= 11 is 0. The standard InChI is InChI=1S/C33H58O8/c1-3-5-7-8-9-10-11-12-14-19-32(38)40-24-27(35)25-41-33(39)20-16-15-18-28-29(31(37)23-30(28)36)22-21-26(34)17-13-6-4-2/h15-16,21-22,26-31,34-37H,3-14,17-20,23-25H2,1-2H3/b16-15-,22-21+/t26-,27+,28+,29-,30+,31-/m1/s1. The van der Waals surface area contributed by atoms with Gasteiger partial charge in [0.25, 0.3) is 0 Å². The van der Waals surface area contributed by atoms with Gasteiger partial charge in [-0.25, -0.2) is 0 Å². The summed E-state index contributed by atoms with van der Waals surface area (Å²) in [4.78, 5) is 23.9. The van der Waals surface area contributed by atoms with Gasteiger partial charge >= 0.3 is 11.9 Å². The molecule has 0 bridgehead atoms. The number of allylic oxidation sites excluding steroid dienone is 1. The van der Waals surface area contributed by atoms with E-state index in [1.165, 1.54) is 38.5 Å². The lowest BCUT2D eigenvalue weighted by molar-refractivity contribution is -0.151. The lowest BCUT2D eigenvalue weighted by Crippen LogP contribution is -2.25. The molecular weight excluding hydrogens is 524 g/mol. The van der Waals surface area contributed by atoms with Gasteiger partial charge < -0.3 is 29.9 Å². The van der Waals surface area contributed by atoms with E-state index in [4.69, 9.17) is 9.47 Å². The SMILES string of the molecule is CCCCCCCCCCCC(=O)OC[C@H](O)COC(=O)C/C=C\C[C@H]1[C@@H](/C=C/[C@H](O)CCCCC)[C@H](O)C[C@@H]1O. The van der Waals surface area contributed by atoms with Gasteiger partial charge in [0, 0.05) is 18.8 Å². The second-order valence-electron chi connectivity index (χ2n) is 11.6. The van der Waals surface area contributed by atoms with Gasteiger partial charge in [-0.15, -0.1) is 0 Å². The monoisotopic (exact) mass is 582 g/mol. The van der Waals surface area contributed by atoms with Crippen LogP contribution in [-0.2, 0) is 19.1 Å². The van der Waals surface area contributed by atoms with Crippen LogP contribution in [0.3, 0.4) is 0 Å². The van der Waals surface area contributed by atoms with E-state index >= 15 is 0 Å². The van der Waals surface area contributed by atoms with Crippen LogP contribution in [0.25, 0.3) is 0 Å². The largest absolute Gasteiger partial charge is 0.463 e. The Morgan fingerprint density at radius 1 is 0.780 bits per heavy atom. The third-order valence-corrected chi connectivity index (χ3v) is 7.79. The maximum atomic E-state index is 12.0. The molecule has 0 aromatic carbocycles. The van der Waals surface area contributed by atoms with Crippen molar-refractivity contribution in [1.29, 1.82) is 0 Å². The van der Waals surface area contributed by atoms with Crippen molar-refractivity contribution >= 4 is 11.9 Å². The summed E-state index contributed by atoms with van der Waals surface area (Å²) in [6.45, 7) is 3.86. The average Bonchev–Trinajstić information content (AvgIpc) is 3.22. The lowest BCUT2D eigenvalue weighted by atomic mass is 9.89. The van der Waals surface area contributed by atoms with Crippen LogP contribution in [0, 0.1) is 11.8 Å². The minimum absolute atomic E-state index is 0.00707. The first-order chi connectivity index (χ1) is 19.8. The van der Waals surface area contributed by atoms with Crippen LogP contribution >= 0.6 is 0 Å². The average molecular weight is 583 g/mol. The molecule has 8 heteroatoms. The summed E-state index contributed by atoms with van der Waals surface area (Å²) in [5.41, 5.74) is 0. The molecular formula is C33H58O8. The number of rotatable bonds is 24. The fourth-order valence-corrected chi connectivity index (χ4v) is 5.23. The molecule has 0 aromatic rings. The van der Waals surface area contributed by atoms with Gasteiger partial charge in [0.05, 0.1) is 24.7 Å². The van der Waals surface area contributed by atoms with Crippen LogP contribution in [0.2, 0.25) is 0 Å². The predicted molar refractivity (Wildman–Crippen MR) is 161 cm³/mol. The molecule has 41 heavy (non-hydrogen) atoms. The first kappa shape index (κ1) is 37.3. The molecule has 4 N–H and O–H groups in total. The first-order valence-corrected chi connectivity index (χ1v) is 16.1. The Balaban J connectivity index is 2.20. The fraction of sp³-hybridized carbons (Fsp3) is 0.818. The Morgan fingerprint density at radius 2 is 1.37 bits per heavy atom. The van der Waals surface area contributed by atoms with Crippen molar-refractivity contribution in [2.45, 2.75) is 147 Å². The molecule has 0 unspecified atom stereocenters. The third-order valence-electron chi connectivity index (χ3n) is 7.79. The van der Waals surface area contributed by atoms with E-state index in [9.17, 15) is 30.0 Å². The highest BCUT2D eigenvalue weighted by Crippen LogP contribution is 2.36. The molecule has 8 nitrogen and oxygen atoms in total. The smallest absolute Gasteiger partial charge is 0.309 e. The topological polar surface area (TPSA) is 134 Å². The van der Waals surface area contributed by atoms with E-state index in [2.05, 4.69) is 13.8 Å². The Kier molecular flexibility index (Phi) is 21.6. The van der Waals surface area contributed by atoms with Crippen molar-refractivity contribution in [3.05, 3.63) is 24.3 Å². The normalized spacial score (nSPS) is 22.4. The molecule has 0 amide bonds. The molecule has 0 radical (unpaired) electrons. The zero-order valence-corrected chi connectivity index (χ0v) is 25.6. The van der Waals surface area contributed by atoms with Gasteiger partial charge in [0.2, 0.25) is 0 Å². The number of ether oxygens (including phenoxy) is 2. The summed E-state index contributed by atoms with van der Waals surface area (Å²) in [6.07, 6.45) is 19.4. The van der Waals surface area contributed by atoms with Crippen molar-refractivity contribution < 1.29 is 39.5 Å². The molecule has 0 heterocycles. The van der Waals surface area contributed by atoms with Crippen LogP contribution in [0.1, 0.15) is 123 Å².